The molecule has 2 N–H and O–H groups in total. The van der Waals surface area contributed by atoms with Crippen LogP contribution in [0.1, 0.15) is 32.3 Å². The normalized spacial score (nSPS) is 11.7. The Morgan fingerprint density at radius 1 is 1.14 bits per heavy atom. The quantitative estimate of drug-likeness (QED) is 0.812. The van der Waals surface area contributed by atoms with Crippen LogP contribution in [0.4, 0.5) is 0 Å². The second-order valence-corrected chi connectivity index (χ2v) is 4.31. The highest BCUT2D eigenvalue weighted by Gasteiger charge is 2.20. The molecule has 0 aliphatic rings. The summed E-state index contributed by atoms with van der Waals surface area (Å²) in [7, 11) is 0. The van der Waals surface area contributed by atoms with Gasteiger partial charge in [-0.15, -0.1) is 0 Å². The molecule has 0 unspecified atom stereocenters. The molecule has 78 valence electrons. The minimum absolute atomic E-state index is 0.0617. The van der Waals surface area contributed by atoms with Crippen LogP contribution in [-0.4, -0.2) is 5.54 Å². The predicted molar refractivity (Wildman–Crippen MR) is 62.7 cm³/mol. The lowest BCUT2D eigenvalue weighted by Crippen LogP contribution is -2.40. The summed E-state index contributed by atoms with van der Waals surface area (Å²) in [6, 6.07) is 7.94. The van der Waals surface area contributed by atoms with E-state index in [0.29, 0.717) is 0 Å². The molecule has 0 heterocycles. The van der Waals surface area contributed by atoms with Gasteiger partial charge in [-0.05, 0) is 37.0 Å². The van der Waals surface area contributed by atoms with E-state index in [1.807, 2.05) is 12.1 Å². The maximum Gasteiger partial charge on any atom is 0.0406 e. The number of rotatable bonds is 4. The van der Waals surface area contributed by atoms with E-state index in [1.165, 1.54) is 5.56 Å². The van der Waals surface area contributed by atoms with Crippen molar-refractivity contribution in [2.45, 2.75) is 38.6 Å². The van der Waals surface area contributed by atoms with Gasteiger partial charge in [0.15, 0.2) is 0 Å². The van der Waals surface area contributed by atoms with Gasteiger partial charge in [0.2, 0.25) is 0 Å². The Bertz CT molecular complexity index is 275. The zero-order valence-corrected chi connectivity index (χ0v) is 9.64. The number of halogens is 1. The average Bonchev–Trinajstić information content (AvgIpc) is 2.21. The number of hydrogen-bond acceptors (Lipinski definition) is 1. The highest BCUT2D eigenvalue weighted by molar-refractivity contribution is 6.30. The van der Waals surface area contributed by atoms with Gasteiger partial charge in [-0.2, -0.15) is 0 Å². The van der Waals surface area contributed by atoms with Crippen molar-refractivity contribution in [1.82, 2.24) is 0 Å². The molecule has 0 amide bonds. The van der Waals surface area contributed by atoms with Crippen LogP contribution in [0, 0.1) is 0 Å². The molecule has 0 atom stereocenters. The Balaban J connectivity index is 2.72. The second-order valence-electron chi connectivity index (χ2n) is 3.87. The van der Waals surface area contributed by atoms with Crippen molar-refractivity contribution in [1.29, 1.82) is 0 Å². The van der Waals surface area contributed by atoms with Crippen LogP contribution in [-0.2, 0) is 6.42 Å². The molecule has 0 aliphatic carbocycles. The summed E-state index contributed by atoms with van der Waals surface area (Å²) in [5, 5.41) is 0.782. The minimum atomic E-state index is -0.0617. The molecule has 0 fully saturated rings. The Morgan fingerprint density at radius 2 is 1.64 bits per heavy atom. The van der Waals surface area contributed by atoms with Gasteiger partial charge in [0, 0.05) is 10.6 Å². The number of benzene rings is 1. The molecular formula is C12H18ClN. The van der Waals surface area contributed by atoms with Crippen molar-refractivity contribution in [3.05, 3.63) is 34.9 Å². The molecule has 0 saturated heterocycles. The Kier molecular flexibility index (Phi) is 3.97. The molecule has 1 aromatic rings. The van der Waals surface area contributed by atoms with Crippen LogP contribution in [0.5, 0.6) is 0 Å². The molecule has 0 spiro atoms. The van der Waals surface area contributed by atoms with E-state index in [9.17, 15) is 0 Å². The van der Waals surface area contributed by atoms with E-state index in [2.05, 4.69) is 26.0 Å². The first-order chi connectivity index (χ1) is 6.59. The Labute approximate surface area is 91.3 Å². The Hall–Kier alpha value is -0.530. The van der Waals surface area contributed by atoms with Crippen molar-refractivity contribution < 1.29 is 0 Å². The van der Waals surface area contributed by atoms with Crippen molar-refractivity contribution in [2.75, 3.05) is 0 Å². The fourth-order valence-electron chi connectivity index (χ4n) is 1.51. The maximum atomic E-state index is 6.23. The molecule has 0 radical (unpaired) electrons. The van der Waals surface area contributed by atoms with Crippen molar-refractivity contribution in [3.63, 3.8) is 0 Å². The van der Waals surface area contributed by atoms with Crippen LogP contribution < -0.4 is 5.73 Å². The summed E-state index contributed by atoms with van der Waals surface area (Å²) in [6.07, 6.45) is 2.94. The molecule has 0 aliphatic heterocycles. The lowest BCUT2D eigenvalue weighted by Gasteiger charge is -2.26. The molecule has 1 nitrogen and oxygen atoms in total. The zero-order chi connectivity index (χ0) is 10.6. The third kappa shape index (κ3) is 3.00. The fraction of sp³-hybridized carbons (Fsp3) is 0.500. The summed E-state index contributed by atoms with van der Waals surface area (Å²) in [6.45, 7) is 4.28. The molecule has 14 heavy (non-hydrogen) atoms. The minimum Gasteiger partial charge on any atom is -0.325 e. The maximum absolute atomic E-state index is 6.23. The smallest absolute Gasteiger partial charge is 0.0406 e. The molecule has 0 bridgehead atoms. The average molecular weight is 212 g/mol. The third-order valence-corrected chi connectivity index (χ3v) is 3.13. The van der Waals surface area contributed by atoms with Gasteiger partial charge >= 0.3 is 0 Å². The first-order valence-electron chi connectivity index (χ1n) is 5.13. The van der Waals surface area contributed by atoms with Gasteiger partial charge < -0.3 is 5.73 Å². The SMILES string of the molecule is CCC(N)(CC)Cc1ccc(Cl)cc1. The highest BCUT2D eigenvalue weighted by Crippen LogP contribution is 2.19. The summed E-state index contributed by atoms with van der Waals surface area (Å²) < 4.78 is 0. The largest absolute Gasteiger partial charge is 0.325 e. The standard InChI is InChI=1S/C12H18ClN/c1-3-12(14,4-2)9-10-5-7-11(13)8-6-10/h5-8H,3-4,9,14H2,1-2H3. The number of hydrogen-bond donors (Lipinski definition) is 1. The Morgan fingerprint density at radius 3 is 2.07 bits per heavy atom. The van der Waals surface area contributed by atoms with Gasteiger partial charge in [-0.3, -0.25) is 0 Å². The van der Waals surface area contributed by atoms with Gasteiger partial charge in [0.1, 0.15) is 0 Å². The van der Waals surface area contributed by atoms with Crippen molar-refractivity contribution >= 4 is 11.6 Å². The molecule has 1 rings (SSSR count). The van der Waals surface area contributed by atoms with Crippen molar-refractivity contribution in [3.8, 4) is 0 Å². The molecule has 0 aromatic heterocycles. The monoisotopic (exact) mass is 211 g/mol. The van der Waals surface area contributed by atoms with Gasteiger partial charge in [-0.25, -0.2) is 0 Å². The van der Waals surface area contributed by atoms with E-state index >= 15 is 0 Å². The fourth-order valence-corrected chi connectivity index (χ4v) is 1.63. The lowest BCUT2D eigenvalue weighted by molar-refractivity contribution is 0.393. The number of nitrogens with two attached hydrogens (primary N) is 1. The second kappa shape index (κ2) is 4.81. The summed E-state index contributed by atoms with van der Waals surface area (Å²) >= 11 is 5.82. The van der Waals surface area contributed by atoms with Gasteiger partial charge in [0.25, 0.3) is 0 Å². The highest BCUT2D eigenvalue weighted by atomic mass is 35.5. The van der Waals surface area contributed by atoms with Gasteiger partial charge in [-0.1, -0.05) is 37.6 Å². The van der Waals surface area contributed by atoms with Crippen LogP contribution in [0.2, 0.25) is 5.02 Å². The molecule has 1 aromatic carbocycles. The van der Waals surface area contributed by atoms with E-state index in [0.717, 1.165) is 24.3 Å². The van der Waals surface area contributed by atoms with Crippen molar-refractivity contribution in [2.24, 2.45) is 5.73 Å². The van der Waals surface area contributed by atoms with Crippen LogP contribution >= 0.6 is 11.6 Å². The molecule has 0 saturated carbocycles. The van der Waals surface area contributed by atoms with E-state index in [1.54, 1.807) is 0 Å². The topological polar surface area (TPSA) is 26.0 Å². The third-order valence-electron chi connectivity index (χ3n) is 2.88. The predicted octanol–water partition coefficient (Wildman–Crippen LogP) is 3.40. The molecular weight excluding hydrogens is 194 g/mol. The van der Waals surface area contributed by atoms with E-state index < -0.39 is 0 Å². The first-order valence-corrected chi connectivity index (χ1v) is 5.51. The summed E-state index contributed by atoms with van der Waals surface area (Å²) in [5.74, 6) is 0. The van der Waals surface area contributed by atoms with Crippen LogP contribution in [0.15, 0.2) is 24.3 Å². The van der Waals surface area contributed by atoms with E-state index in [-0.39, 0.29) is 5.54 Å². The van der Waals surface area contributed by atoms with E-state index in [4.69, 9.17) is 17.3 Å². The van der Waals surface area contributed by atoms with Gasteiger partial charge in [0.05, 0.1) is 0 Å². The van der Waals surface area contributed by atoms with Crippen LogP contribution in [0.3, 0.4) is 0 Å². The summed E-state index contributed by atoms with van der Waals surface area (Å²) in [4.78, 5) is 0. The zero-order valence-electron chi connectivity index (χ0n) is 8.89. The molecule has 2 heteroatoms. The first kappa shape index (κ1) is 11.5. The lowest BCUT2D eigenvalue weighted by atomic mass is 9.87. The van der Waals surface area contributed by atoms with Crippen LogP contribution in [0.25, 0.3) is 0 Å². The summed E-state index contributed by atoms with van der Waals surface area (Å²) in [5.41, 5.74) is 7.44.